The van der Waals surface area contributed by atoms with Gasteiger partial charge in [-0.2, -0.15) is 0 Å². The summed E-state index contributed by atoms with van der Waals surface area (Å²) in [5.74, 6) is -0.606. The molecule has 0 atom stereocenters. The summed E-state index contributed by atoms with van der Waals surface area (Å²) < 4.78 is 0. The summed E-state index contributed by atoms with van der Waals surface area (Å²) in [5, 5.41) is 6.43. The fraction of sp³-hybridized carbons (Fsp3) is 0. The van der Waals surface area contributed by atoms with Gasteiger partial charge in [0.05, 0.1) is 10.6 Å². The molecule has 0 saturated carbocycles. The Balaban J connectivity index is 1.69. The number of aromatic nitrogens is 1. The second-order valence-corrected chi connectivity index (χ2v) is 5.66. The highest BCUT2D eigenvalue weighted by Crippen LogP contribution is 2.21. The Labute approximate surface area is 141 Å². The van der Waals surface area contributed by atoms with Gasteiger partial charge in [-0.1, -0.05) is 29.3 Å². The molecule has 3 amide bonds. The molecular weight excluding hydrogens is 337 g/mol. The van der Waals surface area contributed by atoms with Crippen LogP contribution in [0.1, 0.15) is 10.4 Å². The number of fused-ring (bicyclic) bond motifs is 1. The summed E-state index contributed by atoms with van der Waals surface area (Å²) in [7, 11) is 0. The van der Waals surface area contributed by atoms with Crippen LogP contribution in [0.4, 0.5) is 10.5 Å². The lowest BCUT2D eigenvalue weighted by molar-refractivity contribution is 0.0967. The number of urea groups is 1. The van der Waals surface area contributed by atoms with E-state index in [4.69, 9.17) is 23.2 Å². The summed E-state index contributed by atoms with van der Waals surface area (Å²) in [6.07, 6.45) is 1.81. The summed E-state index contributed by atoms with van der Waals surface area (Å²) in [4.78, 5) is 27.0. The monoisotopic (exact) mass is 347 g/mol. The minimum atomic E-state index is -0.646. The van der Waals surface area contributed by atoms with E-state index in [0.717, 1.165) is 10.9 Å². The quantitative estimate of drug-likeness (QED) is 0.641. The maximum absolute atomic E-state index is 12.0. The Kier molecular flexibility index (Phi) is 4.23. The van der Waals surface area contributed by atoms with Crippen molar-refractivity contribution in [1.82, 2.24) is 10.3 Å². The van der Waals surface area contributed by atoms with Gasteiger partial charge in [0.15, 0.2) is 0 Å². The maximum Gasteiger partial charge on any atom is 0.326 e. The zero-order chi connectivity index (χ0) is 16.4. The van der Waals surface area contributed by atoms with E-state index in [1.54, 1.807) is 18.3 Å². The van der Waals surface area contributed by atoms with Crippen molar-refractivity contribution in [2.45, 2.75) is 0 Å². The van der Waals surface area contributed by atoms with Crippen LogP contribution >= 0.6 is 23.2 Å². The van der Waals surface area contributed by atoms with Crippen LogP contribution in [0.15, 0.2) is 48.7 Å². The number of nitrogens with one attached hydrogen (secondary N) is 3. The van der Waals surface area contributed by atoms with Crippen molar-refractivity contribution in [3.05, 3.63) is 64.3 Å². The van der Waals surface area contributed by atoms with E-state index < -0.39 is 11.9 Å². The topological polar surface area (TPSA) is 74.0 Å². The number of aromatic amines is 1. The van der Waals surface area contributed by atoms with Gasteiger partial charge < -0.3 is 10.3 Å². The molecule has 2 aromatic carbocycles. The van der Waals surface area contributed by atoms with Crippen molar-refractivity contribution in [3.63, 3.8) is 0 Å². The van der Waals surface area contributed by atoms with E-state index >= 15 is 0 Å². The lowest BCUT2D eigenvalue weighted by Crippen LogP contribution is -2.34. The molecular formula is C16H11Cl2N3O2. The van der Waals surface area contributed by atoms with Gasteiger partial charge in [-0.25, -0.2) is 4.79 Å². The molecule has 0 fully saturated rings. The first-order valence-electron chi connectivity index (χ1n) is 6.67. The van der Waals surface area contributed by atoms with E-state index in [9.17, 15) is 9.59 Å². The smallest absolute Gasteiger partial charge is 0.326 e. The number of imide groups is 1. The van der Waals surface area contributed by atoms with Crippen molar-refractivity contribution in [2.24, 2.45) is 0 Å². The Bertz CT molecular complexity index is 905. The second kappa shape index (κ2) is 6.32. The standard InChI is InChI=1S/C16H11Cl2N3O2/c17-10-2-4-12(13(18)7-10)15(22)21-16(23)20-11-3-1-9-5-6-19-14(9)8-11/h1-8,19H,(H2,20,21,22,23). The third kappa shape index (κ3) is 3.47. The van der Waals surface area contributed by atoms with Gasteiger partial charge in [0.1, 0.15) is 0 Å². The van der Waals surface area contributed by atoms with Crippen LogP contribution in [0.5, 0.6) is 0 Å². The number of carbonyl (C=O) groups is 2. The molecule has 3 N–H and O–H groups in total. The Morgan fingerprint density at radius 3 is 2.61 bits per heavy atom. The molecule has 116 valence electrons. The SMILES string of the molecule is O=C(NC(=O)c1ccc(Cl)cc1Cl)Nc1ccc2cc[nH]c2c1. The summed E-state index contributed by atoms with van der Waals surface area (Å²) in [6.45, 7) is 0. The van der Waals surface area contributed by atoms with Crippen molar-refractivity contribution >= 4 is 51.7 Å². The number of hydrogen-bond acceptors (Lipinski definition) is 2. The lowest BCUT2D eigenvalue weighted by atomic mass is 10.2. The fourth-order valence-electron chi connectivity index (χ4n) is 2.13. The van der Waals surface area contributed by atoms with Crippen LogP contribution in [-0.4, -0.2) is 16.9 Å². The molecule has 0 aliphatic heterocycles. The second-order valence-electron chi connectivity index (χ2n) is 4.81. The molecule has 3 aromatic rings. The van der Waals surface area contributed by atoms with Crippen LogP contribution in [0.2, 0.25) is 10.0 Å². The predicted octanol–water partition coefficient (Wildman–Crippen LogP) is 4.44. The van der Waals surface area contributed by atoms with E-state index in [1.165, 1.54) is 18.2 Å². The first-order chi connectivity index (χ1) is 11.0. The third-order valence-corrected chi connectivity index (χ3v) is 3.76. The van der Waals surface area contributed by atoms with Gasteiger partial charge in [0, 0.05) is 22.4 Å². The van der Waals surface area contributed by atoms with Gasteiger partial charge in [-0.15, -0.1) is 0 Å². The molecule has 5 nitrogen and oxygen atoms in total. The Morgan fingerprint density at radius 2 is 1.83 bits per heavy atom. The van der Waals surface area contributed by atoms with Gasteiger partial charge in [-0.05, 0) is 41.8 Å². The van der Waals surface area contributed by atoms with Crippen molar-refractivity contribution in [3.8, 4) is 0 Å². The van der Waals surface area contributed by atoms with Crippen LogP contribution in [0.3, 0.4) is 0 Å². The largest absolute Gasteiger partial charge is 0.361 e. The number of hydrogen-bond donors (Lipinski definition) is 3. The fourth-order valence-corrected chi connectivity index (χ4v) is 2.63. The normalized spacial score (nSPS) is 10.5. The number of benzene rings is 2. The molecule has 0 bridgehead atoms. The highest BCUT2D eigenvalue weighted by Gasteiger charge is 2.14. The minimum absolute atomic E-state index is 0.172. The molecule has 0 spiro atoms. The highest BCUT2D eigenvalue weighted by atomic mass is 35.5. The first-order valence-corrected chi connectivity index (χ1v) is 7.43. The van der Waals surface area contributed by atoms with Gasteiger partial charge in [0.25, 0.3) is 5.91 Å². The molecule has 0 aliphatic carbocycles. The van der Waals surface area contributed by atoms with Gasteiger partial charge >= 0.3 is 6.03 Å². The Hall–Kier alpha value is -2.50. The zero-order valence-electron chi connectivity index (χ0n) is 11.7. The summed E-state index contributed by atoms with van der Waals surface area (Å²) in [6, 6.07) is 11.1. The van der Waals surface area contributed by atoms with Crippen LogP contribution < -0.4 is 10.6 Å². The third-order valence-electron chi connectivity index (χ3n) is 3.22. The van der Waals surface area contributed by atoms with Gasteiger partial charge in [-0.3, -0.25) is 10.1 Å². The van der Waals surface area contributed by atoms with Crippen LogP contribution in [-0.2, 0) is 0 Å². The molecule has 0 aliphatic rings. The average Bonchev–Trinajstić information content (AvgIpc) is 2.94. The number of carbonyl (C=O) groups excluding carboxylic acids is 2. The molecule has 1 aromatic heterocycles. The van der Waals surface area contributed by atoms with E-state index in [1.807, 2.05) is 12.1 Å². The molecule has 0 saturated heterocycles. The highest BCUT2D eigenvalue weighted by molar-refractivity contribution is 6.37. The van der Waals surface area contributed by atoms with Crippen molar-refractivity contribution in [2.75, 3.05) is 5.32 Å². The van der Waals surface area contributed by atoms with E-state index in [-0.39, 0.29) is 10.6 Å². The molecule has 0 radical (unpaired) electrons. The number of halogens is 2. The van der Waals surface area contributed by atoms with Gasteiger partial charge in [0.2, 0.25) is 0 Å². The number of H-pyrrole nitrogens is 1. The molecule has 1 heterocycles. The number of amides is 3. The van der Waals surface area contributed by atoms with Crippen LogP contribution in [0, 0.1) is 0 Å². The van der Waals surface area contributed by atoms with Crippen molar-refractivity contribution in [1.29, 1.82) is 0 Å². The average molecular weight is 348 g/mol. The predicted molar refractivity (Wildman–Crippen MR) is 91.2 cm³/mol. The van der Waals surface area contributed by atoms with E-state index in [2.05, 4.69) is 15.6 Å². The molecule has 0 unspecified atom stereocenters. The molecule has 3 rings (SSSR count). The van der Waals surface area contributed by atoms with Crippen LogP contribution in [0.25, 0.3) is 10.9 Å². The molecule has 23 heavy (non-hydrogen) atoms. The van der Waals surface area contributed by atoms with E-state index in [0.29, 0.717) is 10.7 Å². The molecule has 7 heteroatoms. The first kappa shape index (κ1) is 15.4. The zero-order valence-corrected chi connectivity index (χ0v) is 13.2. The number of anilines is 1. The summed E-state index contributed by atoms with van der Waals surface area (Å²) in [5.41, 5.74) is 1.62. The maximum atomic E-state index is 12.0. The minimum Gasteiger partial charge on any atom is -0.361 e. The van der Waals surface area contributed by atoms with Crippen molar-refractivity contribution < 1.29 is 9.59 Å². The summed E-state index contributed by atoms with van der Waals surface area (Å²) >= 11 is 11.7. The Morgan fingerprint density at radius 1 is 1.00 bits per heavy atom. The number of rotatable bonds is 2. The lowest BCUT2D eigenvalue weighted by Gasteiger charge is -2.08.